The average molecular weight is 280 g/mol. The van der Waals surface area contributed by atoms with Crippen LogP contribution in [0.4, 0.5) is 11.5 Å². The third-order valence-electron chi connectivity index (χ3n) is 3.94. The largest absolute Gasteiger partial charge is 0.265 e. The molecule has 0 amide bonds. The molecule has 0 radical (unpaired) electrons. The van der Waals surface area contributed by atoms with Crippen molar-refractivity contribution in [1.29, 1.82) is 0 Å². The summed E-state index contributed by atoms with van der Waals surface area (Å²) in [6.45, 7) is 8.64. The van der Waals surface area contributed by atoms with E-state index in [0.29, 0.717) is 0 Å². The minimum atomic E-state index is 1.02. The van der Waals surface area contributed by atoms with Crippen molar-refractivity contribution < 1.29 is 4.58 Å². The third-order valence-corrected chi connectivity index (χ3v) is 3.94. The second-order valence-electron chi connectivity index (χ2n) is 5.79. The number of aromatic nitrogens is 1. The number of rotatable bonds is 2. The fourth-order valence-corrected chi connectivity index (χ4v) is 3.19. The first-order valence-corrected chi connectivity index (χ1v) is 7.52. The normalized spacial score (nSPS) is 15.0. The maximum Gasteiger partial charge on any atom is 0.262 e. The van der Waals surface area contributed by atoms with Gasteiger partial charge < -0.3 is 0 Å². The summed E-state index contributed by atoms with van der Waals surface area (Å²) < 4.78 is 2.24. The second kappa shape index (κ2) is 5.68. The van der Waals surface area contributed by atoms with Crippen LogP contribution in [0.2, 0.25) is 0 Å². The Morgan fingerprint density at radius 3 is 2.52 bits per heavy atom. The number of pyridine rings is 1. The lowest BCUT2D eigenvalue weighted by molar-refractivity contribution is -0.444. The molecular formula is C18H22N3+. The quantitative estimate of drug-likeness (QED) is 0.783. The molecule has 0 N–H and O–H groups in total. The van der Waals surface area contributed by atoms with E-state index in [4.69, 9.17) is 0 Å². The highest BCUT2D eigenvalue weighted by atomic mass is 15.2. The minimum absolute atomic E-state index is 1.02. The molecular weight excluding hydrogens is 258 g/mol. The predicted molar refractivity (Wildman–Crippen MR) is 87.7 cm³/mol. The van der Waals surface area contributed by atoms with E-state index >= 15 is 0 Å². The van der Waals surface area contributed by atoms with Gasteiger partial charge in [-0.3, -0.25) is 4.90 Å². The van der Waals surface area contributed by atoms with Gasteiger partial charge >= 0.3 is 0 Å². The van der Waals surface area contributed by atoms with Crippen molar-refractivity contribution in [3.05, 3.63) is 53.2 Å². The van der Waals surface area contributed by atoms with Crippen molar-refractivity contribution in [3.8, 4) is 0 Å². The molecule has 0 saturated heterocycles. The maximum absolute atomic E-state index is 4.46. The van der Waals surface area contributed by atoms with Crippen LogP contribution in [-0.2, 0) is 0 Å². The number of aryl methyl sites for hydroxylation is 3. The standard InChI is InChI=1S/C18H22N3/c1-14-11-15(2)18(16(3)12-14)21-10-6-9-20(13-21)17-7-4-5-8-19-17/h4-5,7-8,11-13H,6,9-10H2,1-3H3/q+1. The van der Waals surface area contributed by atoms with Crippen LogP contribution >= 0.6 is 0 Å². The lowest BCUT2D eigenvalue weighted by Gasteiger charge is -2.25. The zero-order chi connectivity index (χ0) is 14.8. The number of nitrogens with zero attached hydrogens (tertiary/aromatic N) is 3. The summed E-state index contributed by atoms with van der Waals surface area (Å²) in [5.74, 6) is 1.02. The Balaban J connectivity index is 2.00. The van der Waals surface area contributed by atoms with E-state index < -0.39 is 0 Å². The van der Waals surface area contributed by atoms with Crippen molar-refractivity contribution >= 4 is 17.8 Å². The zero-order valence-electron chi connectivity index (χ0n) is 13.0. The molecule has 2 aromatic rings. The number of anilines is 1. The van der Waals surface area contributed by atoms with Gasteiger partial charge in [0.1, 0.15) is 11.9 Å². The summed E-state index contributed by atoms with van der Waals surface area (Å²) >= 11 is 0. The van der Waals surface area contributed by atoms with Gasteiger partial charge in [-0.15, -0.1) is 4.98 Å². The van der Waals surface area contributed by atoms with Crippen molar-refractivity contribution in [1.82, 2.24) is 4.98 Å². The van der Waals surface area contributed by atoms with Gasteiger partial charge in [-0.1, -0.05) is 23.8 Å². The molecule has 3 heteroatoms. The van der Waals surface area contributed by atoms with Gasteiger partial charge in [0.15, 0.2) is 6.34 Å². The smallest absolute Gasteiger partial charge is 0.262 e. The van der Waals surface area contributed by atoms with Gasteiger partial charge in [0.2, 0.25) is 0 Å². The highest BCUT2D eigenvalue weighted by Crippen LogP contribution is 2.27. The van der Waals surface area contributed by atoms with Crippen molar-refractivity contribution in [3.63, 3.8) is 0 Å². The SMILES string of the molecule is Cc1cc(C)c(N2C=[N+](c3ccccn3)CCC2)c(C)c1. The van der Waals surface area contributed by atoms with Crippen LogP contribution in [0, 0.1) is 20.8 Å². The fourth-order valence-electron chi connectivity index (χ4n) is 3.19. The molecule has 1 aromatic carbocycles. The van der Waals surface area contributed by atoms with Crippen LogP contribution in [-0.4, -0.2) is 29.0 Å². The molecule has 0 saturated carbocycles. The summed E-state index contributed by atoms with van der Waals surface area (Å²) in [6.07, 6.45) is 5.20. The van der Waals surface area contributed by atoms with E-state index in [9.17, 15) is 0 Å². The van der Waals surface area contributed by atoms with E-state index in [-0.39, 0.29) is 0 Å². The predicted octanol–water partition coefficient (Wildman–Crippen LogP) is 3.59. The van der Waals surface area contributed by atoms with Gasteiger partial charge in [-0.05, 0) is 38.0 Å². The Hall–Kier alpha value is -2.16. The van der Waals surface area contributed by atoms with Crippen LogP contribution in [0.1, 0.15) is 23.1 Å². The molecule has 3 nitrogen and oxygen atoms in total. The lowest BCUT2D eigenvalue weighted by atomic mass is 10.0. The molecule has 0 spiro atoms. The van der Waals surface area contributed by atoms with Crippen molar-refractivity contribution in [2.75, 3.05) is 18.0 Å². The summed E-state index contributed by atoms with van der Waals surface area (Å²) in [5.41, 5.74) is 5.34. The Kier molecular flexibility index (Phi) is 3.74. The number of benzene rings is 1. The van der Waals surface area contributed by atoms with E-state index in [1.807, 2.05) is 18.3 Å². The van der Waals surface area contributed by atoms with Gasteiger partial charge in [-0.2, -0.15) is 0 Å². The first-order chi connectivity index (χ1) is 10.1. The Labute approximate surface area is 126 Å². The number of hydrogen-bond donors (Lipinski definition) is 0. The van der Waals surface area contributed by atoms with Crippen LogP contribution < -0.4 is 4.90 Å². The van der Waals surface area contributed by atoms with Gasteiger partial charge in [-0.25, -0.2) is 4.58 Å². The molecule has 2 heterocycles. The van der Waals surface area contributed by atoms with E-state index in [1.54, 1.807) is 0 Å². The van der Waals surface area contributed by atoms with Crippen LogP contribution in [0.15, 0.2) is 36.5 Å². The van der Waals surface area contributed by atoms with Crippen LogP contribution in [0.25, 0.3) is 0 Å². The van der Waals surface area contributed by atoms with Crippen molar-refractivity contribution in [2.45, 2.75) is 27.2 Å². The summed E-state index contributed by atoms with van der Waals surface area (Å²) in [6, 6.07) is 10.6. The molecule has 1 aliphatic heterocycles. The van der Waals surface area contributed by atoms with Gasteiger partial charge in [0, 0.05) is 12.5 Å². The highest BCUT2D eigenvalue weighted by Gasteiger charge is 2.21. The van der Waals surface area contributed by atoms with Gasteiger partial charge in [0.25, 0.3) is 5.82 Å². The zero-order valence-corrected chi connectivity index (χ0v) is 13.0. The Bertz CT molecular complexity index is 651. The summed E-state index contributed by atoms with van der Waals surface area (Å²) in [4.78, 5) is 6.82. The average Bonchev–Trinajstić information content (AvgIpc) is 2.47. The topological polar surface area (TPSA) is 19.1 Å². The first-order valence-electron chi connectivity index (χ1n) is 7.52. The Morgan fingerprint density at radius 1 is 1.10 bits per heavy atom. The maximum atomic E-state index is 4.46. The van der Waals surface area contributed by atoms with E-state index in [1.165, 1.54) is 22.4 Å². The molecule has 0 bridgehead atoms. The van der Waals surface area contributed by atoms with Crippen LogP contribution in [0.3, 0.4) is 0 Å². The van der Waals surface area contributed by atoms with E-state index in [2.05, 4.69) is 59.8 Å². The summed E-state index contributed by atoms with van der Waals surface area (Å²) in [7, 11) is 0. The molecule has 0 atom stereocenters. The molecule has 108 valence electrons. The monoisotopic (exact) mass is 280 g/mol. The molecule has 0 unspecified atom stereocenters. The second-order valence-corrected chi connectivity index (χ2v) is 5.79. The van der Waals surface area contributed by atoms with Crippen molar-refractivity contribution in [2.24, 2.45) is 0 Å². The Morgan fingerprint density at radius 2 is 1.86 bits per heavy atom. The third kappa shape index (κ3) is 2.82. The lowest BCUT2D eigenvalue weighted by Crippen LogP contribution is -2.35. The minimum Gasteiger partial charge on any atom is -0.265 e. The molecule has 0 fully saturated rings. The van der Waals surface area contributed by atoms with E-state index in [0.717, 1.165) is 25.3 Å². The first kappa shape index (κ1) is 13.8. The van der Waals surface area contributed by atoms with Crippen LogP contribution in [0.5, 0.6) is 0 Å². The summed E-state index contributed by atoms with van der Waals surface area (Å²) in [5, 5.41) is 0. The van der Waals surface area contributed by atoms with Gasteiger partial charge in [0.05, 0.1) is 13.1 Å². The molecule has 1 aliphatic rings. The molecule has 0 aliphatic carbocycles. The molecule has 3 rings (SSSR count). The molecule has 1 aromatic heterocycles. The highest BCUT2D eigenvalue weighted by molar-refractivity contribution is 5.80. The molecule has 21 heavy (non-hydrogen) atoms. The number of hydrogen-bond acceptors (Lipinski definition) is 2. The fraction of sp³-hybridized carbons (Fsp3) is 0.333.